The Morgan fingerprint density at radius 2 is 2.15 bits per heavy atom. The zero-order valence-electron chi connectivity index (χ0n) is 11.5. The first-order valence-electron chi connectivity index (χ1n) is 6.56. The van der Waals surface area contributed by atoms with Crippen molar-refractivity contribution in [1.82, 2.24) is 4.98 Å². The highest BCUT2D eigenvalue weighted by Crippen LogP contribution is 2.30. The van der Waals surface area contributed by atoms with Crippen LogP contribution in [0.1, 0.15) is 26.7 Å². The Balaban J connectivity index is 2.03. The number of nitrogens with zero attached hydrogens (tertiary/aromatic N) is 1. The number of benzene rings is 1. The minimum absolute atomic E-state index is 0.0127. The maximum Gasteiger partial charge on any atom is 0.226 e. The third kappa shape index (κ3) is 4.05. The van der Waals surface area contributed by atoms with Crippen molar-refractivity contribution < 1.29 is 4.79 Å². The van der Waals surface area contributed by atoms with Gasteiger partial charge in [-0.05, 0) is 18.4 Å². The quantitative estimate of drug-likeness (QED) is 0.859. The molecule has 0 atom stereocenters. The average molecular weight is 309 g/mol. The lowest BCUT2D eigenvalue weighted by Crippen LogP contribution is -2.11. The molecule has 1 heterocycles. The molecule has 1 amide bonds. The predicted octanol–water partition coefficient (Wildman–Crippen LogP) is 4.84. The first kappa shape index (κ1) is 15.0. The smallest absolute Gasteiger partial charge is 0.226 e. The molecule has 1 aromatic heterocycles. The van der Waals surface area contributed by atoms with Gasteiger partial charge in [0, 0.05) is 22.4 Å². The van der Waals surface area contributed by atoms with E-state index in [1.165, 1.54) is 11.3 Å². The van der Waals surface area contributed by atoms with E-state index in [4.69, 9.17) is 11.6 Å². The number of carbonyl (C=O) groups excluding carboxylic acids is 1. The topological polar surface area (TPSA) is 42.0 Å². The van der Waals surface area contributed by atoms with E-state index >= 15 is 0 Å². The van der Waals surface area contributed by atoms with Crippen molar-refractivity contribution in [1.29, 1.82) is 0 Å². The van der Waals surface area contributed by atoms with Gasteiger partial charge in [-0.15, -0.1) is 11.3 Å². The summed E-state index contributed by atoms with van der Waals surface area (Å²) in [6.45, 7) is 4.21. The van der Waals surface area contributed by atoms with Gasteiger partial charge in [0.1, 0.15) is 0 Å². The van der Waals surface area contributed by atoms with E-state index in [1.54, 1.807) is 0 Å². The first-order valence-corrected chi connectivity index (χ1v) is 7.82. The molecule has 0 saturated heterocycles. The maximum atomic E-state index is 11.8. The Labute approximate surface area is 128 Å². The van der Waals surface area contributed by atoms with Gasteiger partial charge in [-0.3, -0.25) is 4.79 Å². The van der Waals surface area contributed by atoms with Gasteiger partial charge in [-0.1, -0.05) is 43.6 Å². The van der Waals surface area contributed by atoms with Gasteiger partial charge in [0.15, 0.2) is 5.13 Å². The van der Waals surface area contributed by atoms with E-state index in [0.29, 0.717) is 22.5 Å². The molecule has 0 spiro atoms. The van der Waals surface area contributed by atoms with Gasteiger partial charge >= 0.3 is 0 Å². The molecule has 20 heavy (non-hydrogen) atoms. The highest BCUT2D eigenvalue weighted by Gasteiger charge is 2.10. The van der Waals surface area contributed by atoms with E-state index in [1.807, 2.05) is 29.6 Å². The summed E-state index contributed by atoms with van der Waals surface area (Å²) in [5.74, 6) is 0.537. The van der Waals surface area contributed by atoms with E-state index < -0.39 is 0 Å². The van der Waals surface area contributed by atoms with Gasteiger partial charge < -0.3 is 5.32 Å². The molecule has 0 saturated carbocycles. The number of halogens is 1. The Kier molecular flexibility index (Phi) is 5.15. The molecular formula is C15H17ClN2OS. The largest absolute Gasteiger partial charge is 0.302 e. The van der Waals surface area contributed by atoms with Gasteiger partial charge in [-0.2, -0.15) is 0 Å². The van der Waals surface area contributed by atoms with Crippen molar-refractivity contribution in [3.63, 3.8) is 0 Å². The Morgan fingerprint density at radius 3 is 2.85 bits per heavy atom. The highest BCUT2D eigenvalue weighted by atomic mass is 35.5. The summed E-state index contributed by atoms with van der Waals surface area (Å²) in [5.41, 5.74) is 1.67. The third-order valence-electron chi connectivity index (χ3n) is 2.85. The number of rotatable bonds is 5. The van der Waals surface area contributed by atoms with Crippen molar-refractivity contribution >= 4 is 34.0 Å². The number of aromatic nitrogens is 1. The molecule has 5 heteroatoms. The van der Waals surface area contributed by atoms with Gasteiger partial charge in [0.25, 0.3) is 0 Å². The number of carbonyl (C=O) groups is 1. The average Bonchev–Trinajstić information content (AvgIpc) is 2.85. The molecular weight excluding hydrogens is 292 g/mol. The van der Waals surface area contributed by atoms with Crippen molar-refractivity contribution in [2.45, 2.75) is 26.7 Å². The Hall–Kier alpha value is -1.39. The van der Waals surface area contributed by atoms with Crippen LogP contribution in [0.5, 0.6) is 0 Å². The van der Waals surface area contributed by atoms with Gasteiger partial charge in [0.2, 0.25) is 5.91 Å². The second-order valence-corrected chi connectivity index (χ2v) is 6.26. The standard InChI is InChI=1S/C15H17ClN2OS/c1-10(2)7-8-14(19)18-15-17-13(9-20-15)11-5-3-4-6-12(11)16/h3-6,9-10H,7-8H2,1-2H3,(H,17,18,19). The molecule has 0 aliphatic heterocycles. The van der Waals surface area contributed by atoms with E-state index in [9.17, 15) is 4.79 Å². The van der Waals surface area contributed by atoms with Crippen LogP contribution in [-0.2, 0) is 4.79 Å². The van der Waals surface area contributed by atoms with Crippen molar-refractivity contribution in [2.75, 3.05) is 5.32 Å². The minimum atomic E-state index is 0.0127. The molecule has 0 unspecified atom stereocenters. The lowest BCUT2D eigenvalue weighted by atomic mass is 10.1. The second kappa shape index (κ2) is 6.86. The number of anilines is 1. The summed E-state index contributed by atoms with van der Waals surface area (Å²) in [5, 5.41) is 6.02. The van der Waals surface area contributed by atoms with Crippen LogP contribution in [0, 0.1) is 5.92 Å². The fraction of sp³-hybridized carbons (Fsp3) is 0.333. The fourth-order valence-corrected chi connectivity index (χ4v) is 2.68. The number of nitrogens with one attached hydrogen (secondary N) is 1. The van der Waals surface area contributed by atoms with Crippen LogP contribution < -0.4 is 5.32 Å². The van der Waals surface area contributed by atoms with E-state index in [-0.39, 0.29) is 5.91 Å². The number of hydrogen-bond acceptors (Lipinski definition) is 3. The zero-order valence-corrected chi connectivity index (χ0v) is 13.1. The molecule has 2 rings (SSSR count). The summed E-state index contributed by atoms with van der Waals surface area (Å²) in [4.78, 5) is 16.2. The molecule has 2 aromatic rings. The maximum absolute atomic E-state index is 11.8. The van der Waals surface area contributed by atoms with Crippen LogP contribution in [0.3, 0.4) is 0 Å². The molecule has 0 aliphatic carbocycles. The van der Waals surface area contributed by atoms with Crippen LogP contribution in [0.4, 0.5) is 5.13 Å². The highest BCUT2D eigenvalue weighted by molar-refractivity contribution is 7.14. The number of thiazole rings is 1. The predicted molar refractivity (Wildman–Crippen MR) is 85.3 cm³/mol. The van der Waals surface area contributed by atoms with Crippen LogP contribution in [-0.4, -0.2) is 10.9 Å². The van der Waals surface area contributed by atoms with Gasteiger partial charge in [-0.25, -0.2) is 4.98 Å². The summed E-state index contributed by atoms with van der Waals surface area (Å²) in [7, 11) is 0. The van der Waals surface area contributed by atoms with E-state index in [2.05, 4.69) is 24.1 Å². The van der Waals surface area contributed by atoms with Crippen LogP contribution in [0.2, 0.25) is 5.02 Å². The monoisotopic (exact) mass is 308 g/mol. The van der Waals surface area contributed by atoms with Crippen LogP contribution in [0.25, 0.3) is 11.3 Å². The number of hydrogen-bond donors (Lipinski definition) is 1. The molecule has 1 N–H and O–H groups in total. The summed E-state index contributed by atoms with van der Waals surface area (Å²) in [6.07, 6.45) is 1.41. The molecule has 0 fully saturated rings. The fourth-order valence-electron chi connectivity index (χ4n) is 1.73. The van der Waals surface area contributed by atoms with E-state index in [0.717, 1.165) is 17.7 Å². The molecule has 1 aromatic carbocycles. The third-order valence-corrected chi connectivity index (χ3v) is 3.94. The SMILES string of the molecule is CC(C)CCC(=O)Nc1nc(-c2ccccc2Cl)cs1. The number of amides is 1. The van der Waals surface area contributed by atoms with Crippen LogP contribution >= 0.6 is 22.9 Å². The van der Waals surface area contributed by atoms with Crippen molar-refractivity contribution in [3.05, 3.63) is 34.7 Å². The Morgan fingerprint density at radius 1 is 1.40 bits per heavy atom. The molecule has 0 aliphatic rings. The normalized spacial score (nSPS) is 10.8. The summed E-state index contributed by atoms with van der Waals surface area (Å²) in [6, 6.07) is 7.55. The minimum Gasteiger partial charge on any atom is -0.302 e. The molecule has 0 bridgehead atoms. The van der Waals surface area contributed by atoms with Gasteiger partial charge in [0.05, 0.1) is 5.69 Å². The summed E-state index contributed by atoms with van der Waals surface area (Å²) >= 11 is 7.55. The Bertz CT molecular complexity index is 595. The van der Waals surface area contributed by atoms with Crippen molar-refractivity contribution in [3.8, 4) is 11.3 Å². The lowest BCUT2D eigenvalue weighted by Gasteiger charge is -2.04. The molecule has 3 nitrogen and oxygen atoms in total. The van der Waals surface area contributed by atoms with Crippen molar-refractivity contribution in [2.24, 2.45) is 5.92 Å². The second-order valence-electron chi connectivity index (χ2n) is 5.00. The molecule has 0 radical (unpaired) electrons. The first-order chi connectivity index (χ1) is 9.56. The van der Waals surface area contributed by atoms with Crippen LogP contribution in [0.15, 0.2) is 29.6 Å². The summed E-state index contributed by atoms with van der Waals surface area (Å²) < 4.78 is 0. The lowest BCUT2D eigenvalue weighted by molar-refractivity contribution is -0.116. The molecule has 106 valence electrons. The zero-order chi connectivity index (χ0) is 14.5.